The molecule has 0 aliphatic carbocycles. The molecule has 1 aromatic carbocycles. The Morgan fingerprint density at radius 3 is 2.70 bits per heavy atom. The van der Waals surface area contributed by atoms with Gasteiger partial charge in [-0.1, -0.05) is 34.5 Å². The zero-order chi connectivity index (χ0) is 14.7. The molecule has 1 N–H and O–H groups in total. The van der Waals surface area contributed by atoms with Crippen molar-refractivity contribution in [1.29, 1.82) is 0 Å². The first-order valence-corrected chi connectivity index (χ1v) is 10.0. The van der Waals surface area contributed by atoms with Crippen LogP contribution in [0.5, 0.6) is 0 Å². The summed E-state index contributed by atoms with van der Waals surface area (Å²) >= 11 is 17.3. The first kappa shape index (κ1) is 17.2. The van der Waals surface area contributed by atoms with E-state index >= 15 is 0 Å². The molecule has 108 valence electrons. The molecule has 0 saturated heterocycles. The van der Waals surface area contributed by atoms with Gasteiger partial charge < -0.3 is 5.32 Å². The Morgan fingerprint density at radius 1 is 1.35 bits per heavy atom. The molecular formula is C14H13Br2ClINS. The fourth-order valence-corrected chi connectivity index (χ4v) is 4.76. The zero-order valence-corrected chi connectivity index (χ0v) is 17.6. The van der Waals surface area contributed by atoms with Crippen molar-refractivity contribution in [2.45, 2.75) is 19.4 Å². The van der Waals surface area contributed by atoms with Crippen LogP contribution < -0.4 is 5.32 Å². The predicted molar refractivity (Wildman–Crippen MR) is 104 cm³/mol. The summed E-state index contributed by atoms with van der Waals surface area (Å²) < 4.78 is 3.33. The molecule has 1 heterocycles. The summed E-state index contributed by atoms with van der Waals surface area (Å²) in [4.78, 5) is 1.23. The van der Waals surface area contributed by atoms with E-state index in [-0.39, 0.29) is 6.04 Å². The molecule has 0 bridgehead atoms. The Bertz CT molecular complexity index is 583. The van der Waals surface area contributed by atoms with Crippen LogP contribution in [-0.4, -0.2) is 6.54 Å². The summed E-state index contributed by atoms with van der Waals surface area (Å²) in [6.45, 7) is 3.15. The number of nitrogens with one attached hydrogen (secondary N) is 1. The third-order valence-electron chi connectivity index (χ3n) is 2.82. The first-order valence-electron chi connectivity index (χ1n) is 6.16. The van der Waals surface area contributed by atoms with E-state index in [0.717, 1.165) is 26.2 Å². The number of hydrogen-bond acceptors (Lipinski definition) is 2. The highest BCUT2D eigenvalue weighted by atomic mass is 127. The number of thiophene rings is 1. The van der Waals surface area contributed by atoms with Gasteiger partial charge in [-0.2, -0.15) is 0 Å². The summed E-state index contributed by atoms with van der Waals surface area (Å²) in [5.74, 6) is 0. The first-order chi connectivity index (χ1) is 9.52. The molecule has 2 rings (SSSR count). The smallest absolute Gasteiger partial charge is 0.0888 e. The molecule has 0 amide bonds. The monoisotopic (exact) mass is 547 g/mol. The molecular weight excluding hydrogens is 536 g/mol. The van der Waals surface area contributed by atoms with Crippen LogP contribution in [-0.2, 0) is 0 Å². The van der Waals surface area contributed by atoms with Crippen molar-refractivity contribution < 1.29 is 0 Å². The number of rotatable bonds is 5. The zero-order valence-electron chi connectivity index (χ0n) is 10.7. The third kappa shape index (κ3) is 4.20. The van der Waals surface area contributed by atoms with Crippen molar-refractivity contribution in [3.63, 3.8) is 0 Å². The Balaban J connectivity index is 2.43. The Kier molecular flexibility index (Phi) is 6.82. The Hall–Kier alpha value is 0.860. The molecule has 2 aromatic rings. The SMILES string of the molecule is CCCNC(c1cc(Cl)c(Br)s1)c1cc(Br)ccc1I. The standard InChI is InChI=1S/C14H13Br2ClINS/c1-2-5-19-13(12-7-10(17)14(16)20-12)9-6-8(15)3-4-11(9)18/h3-4,6-7,13,19H,2,5H2,1H3. The van der Waals surface area contributed by atoms with Gasteiger partial charge in [-0.3, -0.25) is 0 Å². The average molecular weight is 549 g/mol. The second-order valence-corrected chi connectivity index (χ2v) is 9.21. The van der Waals surface area contributed by atoms with E-state index in [1.165, 1.54) is 14.0 Å². The van der Waals surface area contributed by atoms with Crippen LogP contribution in [0.2, 0.25) is 5.02 Å². The maximum absolute atomic E-state index is 6.19. The molecule has 6 heteroatoms. The van der Waals surface area contributed by atoms with Gasteiger partial charge >= 0.3 is 0 Å². The molecule has 1 unspecified atom stereocenters. The van der Waals surface area contributed by atoms with Gasteiger partial charge in [0, 0.05) is 12.9 Å². The minimum absolute atomic E-state index is 0.174. The highest BCUT2D eigenvalue weighted by molar-refractivity contribution is 14.1. The lowest BCUT2D eigenvalue weighted by molar-refractivity contribution is 0.604. The molecule has 0 aliphatic rings. The normalized spacial score (nSPS) is 12.7. The molecule has 0 radical (unpaired) electrons. The van der Waals surface area contributed by atoms with Crippen molar-refractivity contribution >= 4 is 77.4 Å². The van der Waals surface area contributed by atoms with Crippen LogP contribution in [0, 0.1) is 3.57 Å². The van der Waals surface area contributed by atoms with E-state index in [1.54, 1.807) is 11.3 Å². The lowest BCUT2D eigenvalue weighted by atomic mass is 10.1. The number of halogens is 4. The fourth-order valence-electron chi connectivity index (χ4n) is 1.89. The lowest BCUT2D eigenvalue weighted by Gasteiger charge is -2.19. The highest BCUT2D eigenvalue weighted by Gasteiger charge is 2.20. The Labute approximate surface area is 158 Å². The van der Waals surface area contributed by atoms with Crippen LogP contribution in [0.25, 0.3) is 0 Å². The van der Waals surface area contributed by atoms with E-state index in [0.29, 0.717) is 0 Å². The van der Waals surface area contributed by atoms with E-state index in [9.17, 15) is 0 Å². The van der Waals surface area contributed by atoms with E-state index in [2.05, 4.69) is 84.9 Å². The highest BCUT2D eigenvalue weighted by Crippen LogP contribution is 2.39. The van der Waals surface area contributed by atoms with Gasteiger partial charge in [0.25, 0.3) is 0 Å². The summed E-state index contributed by atoms with van der Waals surface area (Å²) in [6, 6.07) is 8.59. The maximum atomic E-state index is 6.19. The summed E-state index contributed by atoms with van der Waals surface area (Å²) in [5, 5.41) is 4.39. The molecule has 1 atom stereocenters. The molecule has 0 aliphatic heterocycles. The van der Waals surface area contributed by atoms with Gasteiger partial charge in [0.15, 0.2) is 0 Å². The summed E-state index contributed by atoms with van der Waals surface area (Å²) in [7, 11) is 0. The van der Waals surface area contributed by atoms with Crippen LogP contribution >= 0.6 is 77.4 Å². The maximum Gasteiger partial charge on any atom is 0.0888 e. The molecule has 1 aromatic heterocycles. The van der Waals surface area contributed by atoms with Crippen molar-refractivity contribution in [1.82, 2.24) is 5.32 Å². The molecule has 20 heavy (non-hydrogen) atoms. The summed E-state index contributed by atoms with van der Waals surface area (Å²) in [5.41, 5.74) is 1.28. The van der Waals surface area contributed by atoms with Crippen LogP contribution in [0.4, 0.5) is 0 Å². The lowest BCUT2D eigenvalue weighted by Crippen LogP contribution is -2.23. The molecule has 0 spiro atoms. The third-order valence-corrected chi connectivity index (χ3v) is 6.83. The van der Waals surface area contributed by atoms with Crippen LogP contribution in [0.1, 0.15) is 29.8 Å². The van der Waals surface area contributed by atoms with E-state index in [4.69, 9.17) is 11.6 Å². The number of hydrogen-bond donors (Lipinski definition) is 1. The minimum atomic E-state index is 0.174. The average Bonchev–Trinajstić information content (AvgIpc) is 2.74. The quantitative estimate of drug-likeness (QED) is 0.414. The molecule has 0 fully saturated rings. The van der Waals surface area contributed by atoms with Crippen molar-refractivity contribution in [2.24, 2.45) is 0 Å². The van der Waals surface area contributed by atoms with Crippen molar-refractivity contribution in [3.8, 4) is 0 Å². The van der Waals surface area contributed by atoms with Gasteiger partial charge in [-0.25, -0.2) is 0 Å². The van der Waals surface area contributed by atoms with Crippen LogP contribution in [0.3, 0.4) is 0 Å². The van der Waals surface area contributed by atoms with E-state index < -0.39 is 0 Å². The summed E-state index contributed by atoms with van der Waals surface area (Å²) in [6.07, 6.45) is 1.10. The fraction of sp³-hybridized carbons (Fsp3) is 0.286. The van der Waals surface area contributed by atoms with Crippen molar-refractivity contribution in [2.75, 3.05) is 6.54 Å². The van der Waals surface area contributed by atoms with E-state index in [1.807, 2.05) is 6.07 Å². The second kappa shape index (κ2) is 7.92. The largest absolute Gasteiger partial charge is 0.306 e. The molecule has 0 saturated carbocycles. The second-order valence-electron chi connectivity index (χ2n) is 4.32. The number of benzene rings is 1. The topological polar surface area (TPSA) is 12.0 Å². The predicted octanol–water partition coefficient (Wildman–Crippen LogP) is 6.62. The molecule has 1 nitrogen and oxygen atoms in total. The van der Waals surface area contributed by atoms with Gasteiger partial charge in [-0.05, 0) is 81.3 Å². The van der Waals surface area contributed by atoms with Gasteiger partial charge in [0.1, 0.15) is 0 Å². The van der Waals surface area contributed by atoms with Gasteiger partial charge in [0.2, 0.25) is 0 Å². The van der Waals surface area contributed by atoms with Crippen LogP contribution in [0.15, 0.2) is 32.5 Å². The Morgan fingerprint density at radius 2 is 2.10 bits per heavy atom. The van der Waals surface area contributed by atoms with Gasteiger partial charge in [0.05, 0.1) is 14.9 Å². The van der Waals surface area contributed by atoms with Crippen molar-refractivity contribution in [3.05, 3.63) is 51.6 Å². The minimum Gasteiger partial charge on any atom is -0.306 e. The van der Waals surface area contributed by atoms with Gasteiger partial charge in [-0.15, -0.1) is 11.3 Å².